The fourth-order valence-electron chi connectivity index (χ4n) is 4.88. The largest absolute Gasteiger partial charge is 0.378 e. The molecule has 7 heteroatoms. The highest BCUT2D eigenvalue weighted by Crippen LogP contribution is 2.27. The summed E-state index contributed by atoms with van der Waals surface area (Å²) >= 11 is 0. The molecule has 154 valence electrons. The Morgan fingerprint density at radius 3 is 2.68 bits per heavy atom. The van der Waals surface area contributed by atoms with Crippen LogP contribution in [0.1, 0.15) is 60.3 Å². The Kier molecular flexibility index (Phi) is 5.99. The van der Waals surface area contributed by atoms with Gasteiger partial charge in [0.15, 0.2) is 5.69 Å². The van der Waals surface area contributed by atoms with Gasteiger partial charge in [0.25, 0.3) is 5.91 Å². The van der Waals surface area contributed by atoms with E-state index in [4.69, 9.17) is 4.74 Å². The van der Waals surface area contributed by atoms with Gasteiger partial charge < -0.3 is 14.5 Å². The Morgan fingerprint density at radius 2 is 1.86 bits per heavy atom. The van der Waals surface area contributed by atoms with E-state index in [9.17, 15) is 9.59 Å². The minimum atomic E-state index is 0.0861. The molecule has 1 aliphatic carbocycles. The van der Waals surface area contributed by atoms with Crippen LogP contribution < -0.4 is 0 Å². The highest BCUT2D eigenvalue weighted by Gasteiger charge is 2.30. The predicted molar refractivity (Wildman–Crippen MR) is 105 cm³/mol. The smallest absolute Gasteiger partial charge is 0.274 e. The van der Waals surface area contributed by atoms with Crippen molar-refractivity contribution in [2.24, 2.45) is 13.0 Å². The molecular weight excluding hydrogens is 356 g/mol. The quantitative estimate of drug-likeness (QED) is 0.789. The third-order valence-corrected chi connectivity index (χ3v) is 6.50. The second-order valence-electron chi connectivity index (χ2n) is 8.40. The normalized spacial score (nSPS) is 22.8. The van der Waals surface area contributed by atoms with Crippen LogP contribution in [-0.2, 0) is 29.4 Å². The minimum Gasteiger partial charge on any atom is -0.378 e. The molecule has 0 saturated carbocycles. The number of carbonyl (C=O) groups is 2. The lowest BCUT2D eigenvalue weighted by molar-refractivity contribution is -0.135. The summed E-state index contributed by atoms with van der Waals surface area (Å²) in [5.41, 5.74) is 3.07. The Morgan fingerprint density at radius 1 is 1.07 bits per heavy atom. The van der Waals surface area contributed by atoms with Gasteiger partial charge in [-0.2, -0.15) is 5.10 Å². The van der Waals surface area contributed by atoms with Gasteiger partial charge in [0.2, 0.25) is 5.91 Å². The van der Waals surface area contributed by atoms with Crippen molar-refractivity contribution in [3.8, 4) is 0 Å². The van der Waals surface area contributed by atoms with E-state index in [1.807, 2.05) is 21.5 Å². The zero-order valence-corrected chi connectivity index (χ0v) is 17.0. The monoisotopic (exact) mass is 388 g/mol. The van der Waals surface area contributed by atoms with Crippen LogP contribution in [0.4, 0.5) is 0 Å². The fraction of sp³-hybridized carbons (Fsp3) is 0.762. The van der Waals surface area contributed by atoms with Crippen molar-refractivity contribution in [2.45, 2.75) is 51.4 Å². The van der Waals surface area contributed by atoms with Gasteiger partial charge in [0.1, 0.15) is 0 Å². The molecule has 1 atom stereocenters. The molecule has 2 fully saturated rings. The lowest BCUT2D eigenvalue weighted by Gasteiger charge is -2.33. The lowest BCUT2D eigenvalue weighted by atomic mass is 9.92. The van der Waals surface area contributed by atoms with Crippen LogP contribution in [0.2, 0.25) is 0 Å². The van der Waals surface area contributed by atoms with Crippen molar-refractivity contribution >= 4 is 11.8 Å². The van der Waals surface area contributed by atoms with Crippen molar-refractivity contribution in [1.82, 2.24) is 19.6 Å². The number of aromatic nitrogens is 2. The van der Waals surface area contributed by atoms with Crippen LogP contribution in [-0.4, -0.2) is 70.8 Å². The van der Waals surface area contributed by atoms with Crippen molar-refractivity contribution in [3.63, 3.8) is 0 Å². The maximum absolute atomic E-state index is 13.2. The van der Waals surface area contributed by atoms with Gasteiger partial charge in [0.05, 0.1) is 13.2 Å². The van der Waals surface area contributed by atoms with Gasteiger partial charge in [-0.05, 0) is 50.9 Å². The average Bonchev–Trinajstić information content (AvgIpc) is 3.09. The zero-order valence-electron chi connectivity index (χ0n) is 17.0. The fourth-order valence-corrected chi connectivity index (χ4v) is 4.88. The Labute approximate surface area is 167 Å². The summed E-state index contributed by atoms with van der Waals surface area (Å²) in [5.74, 6) is 0.718. The molecule has 1 aromatic rings. The number of ether oxygens (including phenoxy) is 1. The number of rotatable bonds is 4. The van der Waals surface area contributed by atoms with Crippen LogP contribution in [0.5, 0.6) is 0 Å². The summed E-state index contributed by atoms with van der Waals surface area (Å²) in [5, 5.41) is 4.58. The molecule has 0 aromatic carbocycles. The standard InChI is InChI=1S/C21H32N4O3/c1-23-18-7-3-2-6-17(18)20(22-23)21(27)25-10-4-5-16(15-25)8-9-19(26)24-11-13-28-14-12-24/h16H,2-15H2,1H3. The van der Waals surface area contributed by atoms with E-state index < -0.39 is 0 Å². The van der Waals surface area contributed by atoms with E-state index in [1.165, 1.54) is 17.7 Å². The summed E-state index contributed by atoms with van der Waals surface area (Å²) in [4.78, 5) is 29.5. The number of aryl methyl sites for hydroxylation is 1. The van der Waals surface area contributed by atoms with E-state index >= 15 is 0 Å². The molecule has 0 spiro atoms. The molecule has 2 saturated heterocycles. The van der Waals surface area contributed by atoms with Crippen LogP contribution in [0.3, 0.4) is 0 Å². The number of nitrogens with zero attached hydrogens (tertiary/aromatic N) is 4. The molecule has 0 N–H and O–H groups in total. The Balaban J connectivity index is 1.34. The Bertz CT molecular complexity index is 723. The zero-order chi connectivity index (χ0) is 19.5. The topological polar surface area (TPSA) is 67.7 Å². The molecule has 4 rings (SSSR count). The Hall–Kier alpha value is -1.89. The van der Waals surface area contributed by atoms with Gasteiger partial charge in [-0.1, -0.05) is 0 Å². The maximum atomic E-state index is 13.2. The van der Waals surface area contributed by atoms with Crippen molar-refractivity contribution < 1.29 is 14.3 Å². The molecule has 7 nitrogen and oxygen atoms in total. The van der Waals surface area contributed by atoms with Gasteiger partial charge in [-0.25, -0.2) is 0 Å². The van der Waals surface area contributed by atoms with E-state index in [2.05, 4.69) is 5.10 Å². The number of likely N-dealkylation sites (tertiary alicyclic amines) is 1. The number of morpholine rings is 1. The molecule has 3 aliphatic rings. The van der Waals surface area contributed by atoms with Crippen LogP contribution in [0.15, 0.2) is 0 Å². The predicted octanol–water partition coefficient (Wildman–Crippen LogP) is 1.79. The summed E-state index contributed by atoms with van der Waals surface area (Å²) < 4.78 is 7.23. The van der Waals surface area contributed by atoms with E-state index in [-0.39, 0.29) is 11.8 Å². The summed E-state index contributed by atoms with van der Waals surface area (Å²) in [6, 6.07) is 0. The number of piperidine rings is 1. The van der Waals surface area contributed by atoms with Gasteiger partial charge in [-0.15, -0.1) is 0 Å². The third kappa shape index (κ3) is 4.09. The van der Waals surface area contributed by atoms with E-state index in [0.29, 0.717) is 44.3 Å². The summed E-state index contributed by atoms with van der Waals surface area (Å²) in [6.45, 7) is 4.26. The number of hydrogen-bond acceptors (Lipinski definition) is 4. The molecule has 1 unspecified atom stereocenters. The first kappa shape index (κ1) is 19.4. The van der Waals surface area contributed by atoms with Gasteiger partial charge in [-0.3, -0.25) is 14.3 Å². The maximum Gasteiger partial charge on any atom is 0.274 e. The molecule has 2 amide bonds. The molecule has 3 heterocycles. The van der Waals surface area contributed by atoms with Crippen LogP contribution in [0, 0.1) is 5.92 Å². The molecular formula is C21H32N4O3. The van der Waals surface area contributed by atoms with Crippen molar-refractivity contribution in [2.75, 3.05) is 39.4 Å². The average molecular weight is 389 g/mol. The van der Waals surface area contributed by atoms with Crippen molar-refractivity contribution in [3.05, 3.63) is 17.0 Å². The SMILES string of the molecule is Cn1nc(C(=O)N2CCCC(CCC(=O)N3CCOCC3)C2)c2c1CCCC2. The second-order valence-corrected chi connectivity index (χ2v) is 8.40. The molecule has 28 heavy (non-hydrogen) atoms. The number of amides is 2. The van der Waals surface area contributed by atoms with E-state index in [1.54, 1.807) is 0 Å². The minimum absolute atomic E-state index is 0.0861. The first-order valence-electron chi connectivity index (χ1n) is 10.8. The first-order valence-corrected chi connectivity index (χ1v) is 10.8. The third-order valence-electron chi connectivity index (χ3n) is 6.50. The van der Waals surface area contributed by atoms with Crippen molar-refractivity contribution in [1.29, 1.82) is 0 Å². The first-order chi connectivity index (χ1) is 13.6. The van der Waals surface area contributed by atoms with E-state index in [0.717, 1.165) is 51.6 Å². The van der Waals surface area contributed by atoms with Crippen LogP contribution in [0.25, 0.3) is 0 Å². The highest BCUT2D eigenvalue weighted by atomic mass is 16.5. The van der Waals surface area contributed by atoms with Gasteiger partial charge >= 0.3 is 0 Å². The van der Waals surface area contributed by atoms with Crippen LogP contribution >= 0.6 is 0 Å². The molecule has 0 radical (unpaired) electrons. The van der Waals surface area contributed by atoms with Gasteiger partial charge in [0, 0.05) is 50.9 Å². The second kappa shape index (κ2) is 8.64. The highest BCUT2D eigenvalue weighted by molar-refractivity contribution is 5.94. The number of carbonyl (C=O) groups excluding carboxylic acids is 2. The summed E-state index contributed by atoms with van der Waals surface area (Å²) in [7, 11) is 1.96. The number of fused-ring (bicyclic) bond motifs is 1. The molecule has 0 bridgehead atoms. The lowest BCUT2D eigenvalue weighted by Crippen LogP contribution is -2.42. The summed E-state index contributed by atoms with van der Waals surface area (Å²) in [6.07, 6.45) is 7.87. The molecule has 2 aliphatic heterocycles. The number of hydrogen-bond donors (Lipinski definition) is 0. The molecule has 1 aromatic heterocycles.